The molecule has 2 bridgehead atoms. The van der Waals surface area contributed by atoms with E-state index < -0.39 is 0 Å². The van der Waals surface area contributed by atoms with Crippen molar-refractivity contribution in [3.05, 3.63) is 35.9 Å². The van der Waals surface area contributed by atoms with Crippen LogP contribution in [0.4, 0.5) is 0 Å². The van der Waals surface area contributed by atoms with E-state index in [0.29, 0.717) is 6.54 Å². The molecule has 2 amide bonds. The Labute approximate surface area is 137 Å². The summed E-state index contributed by atoms with van der Waals surface area (Å²) in [5.41, 5.74) is 0.732. The Kier molecular flexibility index (Phi) is 4.66. The largest absolute Gasteiger partial charge is 0.339 e. The van der Waals surface area contributed by atoms with Crippen LogP contribution in [-0.2, 0) is 4.79 Å². The van der Waals surface area contributed by atoms with Crippen LogP contribution in [0.1, 0.15) is 36.0 Å². The number of likely N-dealkylation sites (N-methyl/N-ethyl adjacent to an activating group) is 1. The molecule has 1 N–H and O–H groups in total. The van der Waals surface area contributed by atoms with Gasteiger partial charge in [0.25, 0.3) is 5.91 Å². The van der Waals surface area contributed by atoms with Crippen LogP contribution < -0.4 is 5.32 Å². The Bertz CT molecular complexity index is 561. The quantitative estimate of drug-likeness (QED) is 0.916. The van der Waals surface area contributed by atoms with Gasteiger partial charge in [-0.1, -0.05) is 18.2 Å². The van der Waals surface area contributed by atoms with Crippen LogP contribution in [0.15, 0.2) is 30.3 Å². The summed E-state index contributed by atoms with van der Waals surface area (Å²) < 4.78 is 0. The minimum absolute atomic E-state index is 0.0741. The molecule has 1 aromatic carbocycles. The number of piperidine rings is 1. The lowest BCUT2D eigenvalue weighted by atomic mass is 9.95. The van der Waals surface area contributed by atoms with E-state index >= 15 is 0 Å². The van der Waals surface area contributed by atoms with Crippen LogP contribution in [0, 0.1) is 0 Å². The van der Waals surface area contributed by atoms with Crippen molar-refractivity contribution in [3.63, 3.8) is 0 Å². The van der Waals surface area contributed by atoms with Gasteiger partial charge < -0.3 is 15.1 Å². The van der Waals surface area contributed by atoms with Gasteiger partial charge in [-0.15, -0.1) is 0 Å². The van der Waals surface area contributed by atoms with Gasteiger partial charge in [-0.3, -0.25) is 9.59 Å². The van der Waals surface area contributed by atoms with E-state index in [1.165, 1.54) is 0 Å². The first-order valence-corrected chi connectivity index (χ1v) is 8.39. The molecular formula is C18H25N3O2. The standard InChI is InChI=1S/C18H25N3O2/c1-19-12-17(22)21-14-8-9-15(21)11-16(10-14)20(2)18(23)13-6-4-3-5-7-13/h3-7,14-16,19H,8-12H2,1-2H3. The molecule has 0 saturated carbocycles. The zero-order chi connectivity index (χ0) is 16.4. The smallest absolute Gasteiger partial charge is 0.253 e. The van der Waals surface area contributed by atoms with Crippen molar-refractivity contribution in [1.29, 1.82) is 0 Å². The summed E-state index contributed by atoms with van der Waals surface area (Å²) in [4.78, 5) is 28.8. The van der Waals surface area contributed by atoms with Crippen molar-refractivity contribution in [2.75, 3.05) is 20.6 Å². The molecule has 23 heavy (non-hydrogen) atoms. The molecule has 2 saturated heterocycles. The molecular weight excluding hydrogens is 290 g/mol. The van der Waals surface area contributed by atoms with Crippen LogP contribution >= 0.6 is 0 Å². The highest BCUT2D eigenvalue weighted by Crippen LogP contribution is 2.37. The van der Waals surface area contributed by atoms with Gasteiger partial charge >= 0.3 is 0 Å². The highest BCUT2D eigenvalue weighted by Gasteiger charge is 2.44. The minimum atomic E-state index is 0.0741. The number of amides is 2. The molecule has 2 aliphatic rings. The molecule has 0 aromatic heterocycles. The third kappa shape index (κ3) is 3.11. The molecule has 5 heteroatoms. The van der Waals surface area contributed by atoms with Crippen molar-refractivity contribution in [2.45, 2.75) is 43.8 Å². The molecule has 2 heterocycles. The topological polar surface area (TPSA) is 52.7 Å². The summed E-state index contributed by atoms with van der Waals surface area (Å²) in [5, 5.41) is 2.95. The summed E-state index contributed by atoms with van der Waals surface area (Å²) in [5.74, 6) is 0.264. The zero-order valence-electron chi connectivity index (χ0n) is 13.9. The second-order valence-electron chi connectivity index (χ2n) is 6.62. The van der Waals surface area contributed by atoms with Gasteiger partial charge in [0, 0.05) is 30.7 Å². The van der Waals surface area contributed by atoms with Crippen LogP contribution in [0.25, 0.3) is 0 Å². The second kappa shape index (κ2) is 6.71. The maximum atomic E-state index is 12.6. The SMILES string of the molecule is CNCC(=O)N1C2CCC1CC(N(C)C(=O)c1ccccc1)C2. The lowest BCUT2D eigenvalue weighted by Crippen LogP contribution is -2.54. The summed E-state index contributed by atoms with van der Waals surface area (Å²) in [6.45, 7) is 0.399. The second-order valence-corrected chi connectivity index (χ2v) is 6.62. The molecule has 0 aliphatic carbocycles. The third-order valence-corrected chi connectivity index (χ3v) is 5.21. The molecule has 124 valence electrons. The molecule has 2 fully saturated rings. The molecule has 2 unspecified atom stereocenters. The zero-order valence-corrected chi connectivity index (χ0v) is 13.9. The van der Waals surface area contributed by atoms with E-state index in [9.17, 15) is 9.59 Å². The molecule has 1 aromatic rings. The molecule has 2 atom stereocenters. The molecule has 0 radical (unpaired) electrons. The van der Waals surface area contributed by atoms with Crippen molar-refractivity contribution in [1.82, 2.24) is 15.1 Å². The van der Waals surface area contributed by atoms with Gasteiger partial charge in [-0.25, -0.2) is 0 Å². The highest BCUT2D eigenvalue weighted by molar-refractivity contribution is 5.94. The fraction of sp³-hybridized carbons (Fsp3) is 0.556. The number of rotatable bonds is 4. The van der Waals surface area contributed by atoms with Crippen LogP contribution in [0.2, 0.25) is 0 Å². The van der Waals surface area contributed by atoms with Crippen LogP contribution in [0.5, 0.6) is 0 Å². The first-order valence-electron chi connectivity index (χ1n) is 8.39. The highest BCUT2D eigenvalue weighted by atomic mass is 16.2. The maximum Gasteiger partial charge on any atom is 0.253 e. The number of benzene rings is 1. The maximum absolute atomic E-state index is 12.6. The lowest BCUT2D eigenvalue weighted by Gasteiger charge is -2.42. The number of hydrogen-bond donors (Lipinski definition) is 1. The van der Waals surface area contributed by atoms with Crippen molar-refractivity contribution in [2.24, 2.45) is 0 Å². The minimum Gasteiger partial charge on any atom is -0.339 e. The normalized spacial score (nSPS) is 26.2. The van der Waals surface area contributed by atoms with Gasteiger partial charge in [0.05, 0.1) is 6.54 Å². The Morgan fingerprint density at radius 3 is 2.35 bits per heavy atom. The van der Waals surface area contributed by atoms with E-state index in [4.69, 9.17) is 0 Å². The van der Waals surface area contributed by atoms with E-state index in [0.717, 1.165) is 31.2 Å². The average Bonchev–Trinajstić information content (AvgIpc) is 2.84. The lowest BCUT2D eigenvalue weighted by molar-refractivity contribution is -0.135. The number of carbonyl (C=O) groups excluding carboxylic acids is 2. The van der Waals surface area contributed by atoms with Gasteiger partial charge in [0.1, 0.15) is 0 Å². The molecule has 2 aliphatic heterocycles. The van der Waals surface area contributed by atoms with Crippen molar-refractivity contribution in [3.8, 4) is 0 Å². The Morgan fingerprint density at radius 2 is 1.78 bits per heavy atom. The molecule has 0 spiro atoms. The number of carbonyl (C=O) groups is 2. The first kappa shape index (κ1) is 16.0. The fourth-order valence-electron chi connectivity index (χ4n) is 4.06. The summed E-state index contributed by atoms with van der Waals surface area (Å²) >= 11 is 0. The predicted molar refractivity (Wildman–Crippen MR) is 89.1 cm³/mol. The van der Waals surface area contributed by atoms with Crippen molar-refractivity contribution < 1.29 is 9.59 Å². The number of nitrogens with zero attached hydrogens (tertiary/aromatic N) is 2. The van der Waals surface area contributed by atoms with Crippen LogP contribution in [0.3, 0.4) is 0 Å². The van der Waals surface area contributed by atoms with E-state index in [2.05, 4.69) is 10.2 Å². The van der Waals surface area contributed by atoms with Gasteiger partial charge in [-0.05, 0) is 44.9 Å². The van der Waals surface area contributed by atoms with Crippen LogP contribution in [-0.4, -0.2) is 60.4 Å². The molecule has 3 rings (SSSR count). The first-order chi connectivity index (χ1) is 11.1. The van der Waals surface area contributed by atoms with Gasteiger partial charge in [-0.2, -0.15) is 0 Å². The third-order valence-electron chi connectivity index (χ3n) is 5.21. The number of hydrogen-bond acceptors (Lipinski definition) is 3. The Balaban J connectivity index is 1.68. The summed E-state index contributed by atoms with van der Waals surface area (Å²) in [6, 6.07) is 10.2. The van der Waals surface area contributed by atoms with E-state index in [1.807, 2.05) is 42.3 Å². The molecule has 5 nitrogen and oxygen atoms in total. The van der Waals surface area contributed by atoms with E-state index in [-0.39, 0.29) is 29.9 Å². The van der Waals surface area contributed by atoms with Gasteiger partial charge in [0.2, 0.25) is 5.91 Å². The van der Waals surface area contributed by atoms with Crippen molar-refractivity contribution >= 4 is 11.8 Å². The monoisotopic (exact) mass is 315 g/mol. The Morgan fingerprint density at radius 1 is 1.17 bits per heavy atom. The van der Waals surface area contributed by atoms with E-state index in [1.54, 1.807) is 7.05 Å². The fourth-order valence-corrected chi connectivity index (χ4v) is 4.06. The number of nitrogens with one attached hydrogen (secondary N) is 1. The number of fused-ring (bicyclic) bond motifs is 2. The Hall–Kier alpha value is -1.88. The van der Waals surface area contributed by atoms with Gasteiger partial charge in [0.15, 0.2) is 0 Å². The predicted octanol–water partition coefficient (Wildman–Crippen LogP) is 1.50. The summed E-state index contributed by atoms with van der Waals surface area (Å²) in [7, 11) is 3.70. The average molecular weight is 315 g/mol. The summed E-state index contributed by atoms with van der Waals surface area (Å²) in [6.07, 6.45) is 3.90.